The molecule has 0 bridgehead atoms. The SMILES string of the molecule is O=Cc1ccc(N2CCN(C(=O)c3ccco3)CC2)o1. The van der Waals surface area contributed by atoms with E-state index in [1.165, 1.54) is 6.26 Å². The van der Waals surface area contributed by atoms with Crippen LogP contribution >= 0.6 is 0 Å². The predicted molar refractivity (Wildman–Crippen MR) is 70.9 cm³/mol. The van der Waals surface area contributed by atoms with Gasteiger partial charge in [-0.1, -0.05) is 0 Å². The van der Waals surface area contributed by atoms with Gasteiger partial charge in [-0.05, 0) is 18.2 Å². The number of piperazine rings is 1. The molecule has 1 amide bonds. The Morgan fingerprint density at radius 1 is 1.15 bits per heavy atom. The lowest BCUT2D eigenvalue weighted by atomic mass is 10.3. The smallest absolute Gasteiger partial charge is 0.289 e. The summed E-state index contributed by atoms with van der Waals surface area (Å²) >= 11 is 0. The van der Waals surface area contributed by atoms with Crippen LogP contribution in [-0.2, 0) is 0 Å². The van der Waals surface area contributed by atoms with E-state index in [9.17, 15) is 9.59 Å². The van der Waals surface area contributed by atoms with Crippen LogP contribution in [0.2, 0.25) is 0 Å². The summed E-state index contributed by atoms with van der Waals surface area (Å²) in [5.74, 6) is 1.24. The van der Waals surface area contributed by atoms with Gasteiger partial charge in [0.25, 0.3) is 5.91 Å². The summed E-state index contributed by atoms with van der Waals surface area (Å²) < 4.78 is 10.5. The largest absolute Gasteiger partial charge is 0.459 e. The minimum absolute atomic E-state index is 0.0947. The molecule has 0 radical (unpaired) electrons. The molecule has 1 saturated heterocycles. The Morgan fingerprint density at radius 2 is 1.95 bits per heavy atom. The average molecular weight is 274 g/mol. The van der Waals surface area contributed by atoms with Gasteiger partial charge in [0.1, 0.15) is 0 Å². The van der Waals surface area contributed by atoms with Gasteiger partial charge in [-0.2, -0.15) is 0 Å². The molecule has 2 aromatic rings. The van der Waals surface area contributed by atoms with Gasteiger partial charge < -0.3 is 18.6 Å². The van der Waals surface area contributed by atoms with Gasteiger partial charge in [0, 0.05) is 32.2 Å². The van der Waals surface area contributed by atoms with Crippen LogP contribution in [0.1, 0.15) is 21.1 Å². The maximum atomic E-state index is 12.1. The van der Waals surface area contributed by atoms with Gasteiger partial charge in [0.05, 0.1) is 6.26 Å². The summed E-state index contributed by atoms with van der Waals surface area (Å²) in [7, 11) is 0. The molecule has 0 saturated carbocycles. The van der Waals surface area contributed by atoms with Gasteiger partial charge in [-0.3, -0.25) is 9.59 Å². The monoisotopic (exact) mass is 274 g/mol. The predicted octanol–water partition coefficient (Wildman–Crippen LogP) is 1.65. The number of carbonyl (C=O) groups excluding carboxylic acids is 2. The molecule has 1 fully saturated rings. The van der Waals surface area contributed by atoms with Crippen LogP contribution in [-0.4, -0.2) is 43.3 Å². The molecule has 0 unspecified atom stereocenters. The first-order valence-electron chi connectivity index (χ1n) is 6.40. The van der Waals surface area contributed by atoms with Crippen LogP contribution in [0.5, 0.6) is 0 Å². The van der Waals surface area contributed by atoms with Crippen LogP contribution in [0.3, 0.4) is 0 Å². The van der Waals surface area contributed by atoms with E-state index in [-0.39, 0.29) is 5.91 Å². The van der Waals surface area contributed by atoms with Crippen molar-refractivity contribution in [3.63, 3.8) is 0 Å². The van der Waals surface area contributed by atoms with Gasteiger partial charge in [-0.15, -0.1) is 0 Å². The number of nitrogens with zero attached hydrogens (tertiary/aromatic N) is 2. The van der Waals surface area contributed by atoms with E-state index in [0.717, 1.165) is 0 Å². The molecule has 6 heteroatoms. The molecule has 20 heavy (non-hydrogen) atoms. The topological polar surface area (TPSA) is 66.9 Å². The molecule has 0 aliphatic carbocycles. The Hall–Kier alpha value is -2.50. The number of rotatable bonds is 3. The zero-order valence-corrected chi connectivity index (χ0v) is 10.8. The first-order chi connectivity index (χ1) is 9.78. The second-order valence-corrected chi connectivity index (χ2v) is 4.55. The first-order valence-corrected chi connectivity index (χ1v) is 6.40. The third-order valence-corrected chi connectivity index (χ3v) is 3.34. The van der Waals surface area contributed by atoms with E-state index >= 15 is 0 Å². The van der Waals surface area contributed by atoms with E-state index in [2.05, 4.69) is 0 Å². The van der Waals surface area contributed by atoms with Crippen molar-refractivity contribution in [2.45, 2.75) is 0 Å². The maximum absolute atomic E-state index is 12.1. The third kappa shape index (κ3) is 2.32. The van der Waals surface area contributed by atoms with Gasteiger partial charge in [0.2, 0.25) is 0 Å². The highest BCUT2D eigenvalue weighted by Gasteiger charge is 2.24. The Bertz CT molecular complexity index is 594. The molecular weight excluding hydrogens is 260 g/mol. The van der Waals surface area contributed by atoms with E-state index in [0.29, 0.717) is 49.9 Å². The third-order valence-electron chi connectivity index (χ3n) is 3.34. The molecule has 1 aliphatic heterocycles. The van der Waals surface area contributed by atoms with Crippen molar-refractivity contribution in [3.8, 4) is 0 Å². The quantitative estimate of drug-likeness (QED) is 0.796. The number of carbonyl (C=O) groups is 2. The molecular formula is C14H14N2O4. The van der Waals surface area contributed by atoms with E-state index in [1.807, 2.05) is 4.90 Å². The number of furan rings is 2. The molecule has 0 spiro atoms. The fraction of sp³-hybridized carbons (Fsp3) is 0.286. The molecule has 0 atom stereocenters. The summed E-state index contributed by atoms with van der Waals surface area (Å²) in [6.45, 7) is 2.52. The fourth-order valence-corrected chi connectivity index (χ4v) is 2.26. The maximum Gasteiger partial charge on any atom is 0.289 e. The second-order valence-electron chi connectivity index (χ2n) is 4.55. The van der Waals surface area contributed by atoms with Gasteiger partial charge in [-0.25, -0.2) is 0 Å². The minimum Gasteiger partial charge on any atom is -0.459 e. The van der Waals surface area contributed by atoms with Crippen LogP contribution in [0.15, 0.2) is 39.4 Å². The minimum atomic E-state index is -0.0947. The van der Waals surface area contributed by atoms with Crippen molar-refractivity contribution in [1.29, 1.82) is 0 Å². The number of anilines is 1. The standard InChI is InChI=1S/C14H14N2O4/c17-10-11-3-4-13(20-11)15-5-7-16(8-6-15)14(18)12-2-1-9-19-12/h1-4,9-10H,5-8H2. The lowest BCUT2D eigenvalue weighted by Crippen LogP contribution is -2.48. The summed E-state index contributed by atoms with van der Waals surface area (Å²) in [6.07, 6.45) is 2.17. The van der Waals surface area contributed by atoms with E-state index in [4.69, 9.17) is 8.83 Å². The number of aldehydes is 1. The zero-order chi connectivity index (χ0) is 13.9. The summed E-state index contributed by atoms with van der Waals surface area (Å²) in [5.41, 5.74) is 0. The van der Waals surface area contributed by atoms with Crippen molar-refractivity contribution < 1.29 is 18.4 Å². The van der Waals surface area contributed by atoms with E-state index in [1.54, 1.807) is 29.2 Å². The lowest BCUT2D eigenvalue weighted by molar-refractivity contribution is 0.0713. The average Bonchev–Trinajstić information content (AvgIpc) is 3.18. The Labute approximate surface area is 115 Å². The highest BCUT2D eigenvalue weighted by molar-refractivity contribution is 5.91. The van der Waals surface area contributed by atoms with Crippen molar-refractivity contribution in [2.24, 2.45) is 0 Å². The Balaban J connectivity index is 1.62. The van der Waals surface area contributed by atoms with Crippen molar-refractivity contribution in [1.82, 2.24) is 4.90 Å². The van der Waals surface area contributed by atoms with Crippen LogP contribution in [0, 0.1) is 0 Å². The number of amides is 1. The van der Waals surface area contributed by atoms with Crippen molar-refractivity contribution >= 4 is 18.1 Å². The van der Waals surface area contributed by atoms with Crippen LogP contribution < -0.4 is 4.90 Å². The van der Waals surface area contributed by atoms with Crippen LogP contribution in [0.4, 0.5) is 5.88 Å². The number of hydrogen-bond acceptors (Lipinski definition) is 5. The molecule has 0 aromatic carbocycles. The molecule has 104 valence electrons. The second kappa shape index (κ2) is 5.24. The molecule has 6 nitrogen and oxygen atoms in total. The van der Waals surface area contributed by atoms with E-state index < -0.39 is 0 Å². The van der Waals surface area contributed by atoms with Crippen molar-refractivity contribution in [3.05, 3.63) is 42.0 Å². The molecule has 1 aliphatic rings. The summed E-state index contributed by atoms with van der Waals surface area (Å²) in [5, 5.41) is 0. The number of hydrogen-bond donors (Lipinski definition) is 0. The Morgan fingerprint density at radius 3 is 2.55 bits per heavy atom. The van der Waals surface area contributed by atoms with Gasteiger partial charge in [0.15, 0.2) is 23.7 Å². The molecule has 3 rings (SSSR count). The molecule has 2 aromatic heterocycles. The normalized spacial score (nSPS) is 15.4. The van der Waals surface area contributed by atoms with Crippen molar-refractivity contribution in [2.75, 3.05) is 31.1 Å². The Kier molecular flexibility index (Phi) is 3.28. The molecule has 3 heterocycles. The summed E-state index contributed by atoms with van der Waals surface area (Å²) in [6, 6.07) is 6.78. The first kappa shape index (κ1) is 12.5. The molecule has 0 N–H and O–H groups in total. The highest BCUT2D eigenvalue weighted by Crippen LogP contribution is 2.20. The summed E-state index contributed by atoms with van der Waals surface area (Å²) in [4.78, 5) is 26.5. The van der Waals surface area contributed by atoms with Crippen LogP contribution in [0.25, 0.3) is 0 Å². The zero-order valence-electron chi connectivity index (χ0n) is 10.8. The van der Waals surface area contributed by atoms with Gasteiger partial charge >= 0.3 is 0 Å². The lowest BCUT2D eigenvalue weighted by Gasteiger charge is -2.34. The highest BCUT2D eigenvalue weighted by atomic mass is 16.4. The fourth-order valence-electron chi connectivity index (χ4n) is 2.26.